The quantitative estimate of drug-likeness (QED) is 0.436. The van der Waals surface area contributed by atoms with E-state index < -0.39 is 0 Å². The number of fused-ring (bicyclic) bond motifs is 1. The topological polar surface area (TPSA) is 75.7 Å². The van der Waals surface area contributed by atoms with E-state index in [1.807, 2.05) is 49.6 Å². The molecule has 162 valence electrons. The molecule has 2 heterocycles. The Morgan fingerprint density at radius 1 is 1.12 bits per heavy atom. The van der Waals surface area contributed by atoms with E-state index in [0.29, 0.717) is 11.7 Å². The Labute approximate surface area is 185 Å². The number of nitrogens with zero attached hydrogens (tertiary/aromatic N) is 3. The molecular weight excluding hydrogens is 405 g/mol. The molecule has 6 nitrogen and oxygen atoms in total. The second kappa shape index (κ2) is 8.42. The Morgan fingerprint density at radius 3 is 2.72 bits per heavy atom. The molecule has 1 aliphatic rings. The number of hydrogen-bond donors (Lipinski definition) is 2. The van der Waals surface area contributed by atoms with E-state index in [1.165, 1.54) is 12.1 Å². The van der Waals surface area contributed by atoms with Crippen LogP contribution in [0.4, 0.5) is 16.0 Å². The second-order valence-electron chi connectivity index (χ2n) is 8.03. The molecule has 0 radical (unpaired) electrons. The van der Waals surface area contributed by atoms with Gasteiger partial charge >= 0.3 is 0 Å². The van der Waals surface area contributed by atoms with Crippen molar-refractivity contribution >= 4 is 11.6 Å². The molecule has 2 N–H and O–H groups in total. The predicted molar refractivity (Wildman–Crippen MR) is 122 cm³/mol. The molecule has 2 aromatic heterocycles. The van der Waals surface area contributed by atoms with Gasteiger partial charge in [-0.25, -0.2) is 19.3 Å². The summed E-state index contributed by atoms with van der Waals surface area (Å²) in [4.78, 5) is 17.0. The van der Waals surface area contributed by atoms with E-state index in [9.17, 15) is 4.39 Å². The molecule has 7 heteroatoms. The van der Waals surface area contributed by atoms with Crippen LogP contribution in [0.1, 0.15) is 41.3 Å². The number of ether oxygens (including phenoxy) is 1. The molecule has 0 bridgehead atoms. The van der Waals surface area contributed by atoms with Gasteiger partial charge in [0.1, 0.15) is 17.4 Å². The van der Waals surface area contributed by atoms with Gasteiger partial charge in [-0.1, -0.05) is 12.1 Å². The van der Waals surface area contributed by atoms with Crippen molar-refractivity contribution < 1.29 is 9.13 Å². The number of imidazole rings is 1. The molecule has 1 atom stereocenters. The van der Waals surface area contributed by atoms with Gasteiger partial charge in [0.2, 0.25) is 5.95 Å². The lowest BCUT2D eigenvalue weighted by atomic mass is 9.83. The highest BCUT2D eigenvalue weighted by molar-refractivity contribution is 5.70. The van der Waals surface area contributed by atoms with Gasteiger partial charge < -0.3 is 15.0 Å². The fraction of sp³-hybridized carbons (Fsp3) is 0.240. The van der Waals surface area contributed by atoms with Crippen LogP contribution in [0, 0.1) is 12.7 Å². The van der Waals surface area contributed by atoms with Gasteiger partial charge in [-0.3, -0.25) is 0 Å². The highest BCUT2D eigenvalue weighted by atomic mass is 19.1. The van der Waals surface area contributed by atoms with E-state index >= 15 is 0 Å². The third-order valence-corrected chi connectivity index (χ3v) is 5.86. The summed E-state index contributed by atoms with van der Waals surface area (Å²) in [7, 11) is 1.64. The smallest absolute Gasteiger partial charge is 0.227 e. The first-order chi connectivity index (χ1) is 15.6. The van der Waals surface area contributed by atoms with Gasteiger partial charge in [0.15, 0.2) is 0 Å². The van der Waals surface area contributed by atoms with Crippen molar-refractivity contribution in [2.75, 3.05) is 12.4 Å². The number of benzene rings is 2. The van der Waals surface area contributed by atoms with Crippen LogP contribution in [-0.2, 0) is 6.42 Å². The summed E-state index contributed by atoms with van der Waals surface area (Å²) in [5.74, 6) is 1.91. The third-order valence-electron chi connectivity index (χ3n) is 5.86. The zero-order chi connectivity index (χ0) is 22.1. The molecule has 0 amide bonds. The maximum Gasteiger partial charge on any atom is 0.227 e. The zero-order valence-electron chi connectivity index (χ0n) is 18.0. The number of aromatic nitrogens is 4. The first-order valence-corrected chi connectivity index (χ1v) is 10.7. The van der Waals surface area contributed by atoms with Crippen LogP contribution in [0.3, 0.4) is 0 Å². The fourth-order valence-electron chi connectivity index (χ4n) is 4.27. The summed E-state index contributed by atoms with van der Waals surface area (Å²) in [6.45, 7) is 1.94. The van der Waals surface area contributed by atoms with Crippen LogP contribution in [0.15, 0.2) is 54.9 Å². The van der Waals surface area contributed by atoms with Gasteiger partial charge in [-0.05, 0) is 61.6 Å². The standard InChI is InChI=1S/C25H24FN5O/c1-15-13-27-24(29-15)21-11-10-19(12-22(21)32-2)30-25-28-14-17-4-3-5-20(23(17)31-25)16-6-8-18(26)9-7-16/h6-14,20H,3-5H2,1-2H3,(H,27,29)(H,28,30,31). The number of H-pyrrole nitrogens is 1. The third kappa shape index (κ3) is 3.93. The minimum Gasteiger partial charge on any atom is -0.496 e. The first-order valence-electron chi connectivity index (χ1n) is 10.7. The van der Waals surface area contributed by atoms with Gasteiger partial charge in [-0.15, -0.1) is 0 Å². The number of anilines is 2. The number of aryl methyl sites for hydroxylation is 2. The van der Waals surface area contributed by atoms with E-state index in [0.717, 1.165) is 58.9 Å². The monoisotopic (exact) mass is 429 g/mol. The van der Waals surface area contributed by atoms with Gasteiger partial charge in [0.05, 0.1) is 24.1 Å². The number of methoxy groups -OCH3 is 1. The lowest BCUT2D eigenvalue weighted by Gasteiger charge is -2.25. The molecular formula is C25H24FN5O. The molecule has 5 rings (SSSR count). The van der Waals surface area contributed by atoms with Crippen LogP contribution >= 0.6 is 0 Å². The number of rotatable bonds is 5. The number of hydrogen-bond acceptors (Lipinski definition) is 5. The first kappa shape index (κ1) is 20.2. The second-order valence-corrected chi connectivity index (χ2v) is 8.03. The Kier molecular flexibility index (Phi) is 5.31. The van der Waals surface area contributed by atoms with Crippen molar-refractivity contribution in [2.45, 2.75) is 32.1 Å². The minimum atomic E-state index is -0.225. The van der Waals surface area contributed by atoms with Crippen molar-refractivity contribution in [3.05, 3.63) is 83.2 Å². The molecule has 0 aliphatic heterocycles. The fourth-order valence-corrected chi connectivity index (χ4v) is 4.27. The van der Waals surface area contributed by atoms with Crippen molar-refractivity contribution in [1.29, 1.82) is 0 Å². The summed E-state index contributed by atoms with van der Waals surface area (Å²) in [6, 6.07) is 12.5. The molecule has 0 spiro atoms. The predicted octanol–water partition coefficient (Wildman–Crippen LogP) is 5.53. The van der Waals surface area contributed by atoms with Crippen molar-refractivity contribution in [3.8, 4) is 17.1 Å². The highest BCUT2D eigenvalue weighted by Crippen LogP contribution is 2.36. The summed E-state index contributed by atoms with van der Waals surface area (Å²) in [5, 5.41) is 3.30. The largest absolute Gasteiger partial charge is 0.496 e. The molecule has 0 fully saturated rings. The molecule has 4 aromatic rings. The summed E-state index contributed by atoms with van der Waals surface area (Å²) < 4.78 is 19.0. The number of halogens is 1. The molecule has 0 saturated carbocycles. The van der Waals surface area contributed by atoms with Crippen LogP contribution in [0.25, 0.3) is 11.4 Å². The zero-order valence-corrected chi connectivity index (χ0v) is 18.0. The van der Waals surface area contributed by atoms with Gasteiger partial charge in [0, 0.05) is 30.1 Å². The summed E-state index contributed by atoms with van der Waals surface area (Å²) >= 11 is 0. The lowest BCUT2D eigenvalue weighted by molar-refractivity contribution is 0.416. The maximum atomic E-state index is 13.4. The van der Waals surface area contributed by atoms with Crippen LogP contribution in [-0.4, -0.2) is 27.0 Å². The Morgan fingerprint density at radius 2 is 1.97 bits per heavy atom. The van der Waals surface area contributed by atoms with Crippen LogP contribution < -0.4 is 10.1 Å². The van der Waals surface area contributed by atoms with E-state index in [2.05, 4.69) is 20.3 Å². The highest BCUT2D eigenvalue weighted by Gasteiger charge is 2.24. The van der Waals surface area contributed by atoms with Crippen molar-refractivity contribution in [3.63, 3.8) is 0 Å². The molecule has 1 aliphatic carbocycles. The molecule has 0 saturated heterocycles. The van der Waals surface area contributed by atoms with Gasteiger partial charge in [0.25, 0.3) is 0 Å². The van der Waals surface area contributed by atoms with E-state index in [-0.39, 0.29) is 11.7 Å². The molecule has 1 unspecified atom stereocenters. The number of nitrogens with one attached hydrogen (secondary N) is 2. The molecule has 32 heavy (non-hydrogen) atoms. The minimum absolute atomic E-state index is 0.141. The lowest BCUT2D eigenvalue weighted by Crippen LogP contribution is -2.15. The van der Waals surface area contributed by atoms with Crippen molar-refractivity contribution in [1.82, 2.24) is 19.9 Å². The van der Waals surface area contributed by atoms with E-state index in [4.69, 9.17) is 9.72 Å². The Hall–Kier alpha value is -3.74. The SMILES string of the molecule is COc1cc(Nc2ncc3c(n2)C(c2ccc(F)cc2)CCC3)ccc1-c1nc(C)c[nH]1. The van der Waals surface area contributed by atoms with Crippen LogP contribution in [0.2, 0.25) is 0 Å². The van der Waals surface area contributed by atoms with Crippen LogP contribution in [0.5, 0.6) is 5.75 Å². The average molecular weight is 429 g/mol. The summed E-state index contributed by atoms with van der Waals surface area (Å²) in [6.07, 6.45) is 6.77. The normalized spacial score (nSPS) is 15.3. The summed E-state index contributed by atoms with van der Waals surface area (Å²) in [5.41, 5.74) is 5.86. The van der Waals surface area contributed by atoms with Gasteiger partial charge in [-0.2, -0.15) is 0 Å². The average Bonchev–Trinajstić information content (AvgIpc) is 3.25. The Bertz CT molecular complexity index is 1250. The number of aromatic amines is 1. The Balaban J connectivity index is 1.44. The maximum absolute atomic E-state index is 13.4. The van der Waals surface area contributed by atoms with Crippen molar-refractivity contribution in [2.24, 2.45) is 0 Å². The van der Waals surface area contributed by atoms with E-state index in [1.54, 1.807) is 7.11 Å². The molecule has 2 aromatic carbocycles.